The third-order valence-electron chi connectivity index (χ3n) is 5.00. The number of carbonyl (C=O) groups is 1. The van der Waals surface area contributed by atoms with Crippen LogP contribution in [0.15, 0.2) is 78.9 Å². The summed E-state index contributed by atoms with van der Waals surface area (Å²) >= 11 is 0. The molecule has 150 valence electrons. The van der Waals surface area contributed by atoms with E-state index in [0.717, 1.165) is 11.1 Å². The molecule has 6 heteroatoms. The first-order valence-electron chi connectivity index (χ1n) is 9.57. The van der Waals surface area contributed by atoms with Gasteiger partial charge in [-0.25, -0.2) is 4.79 Å². The van der Waals surface area contributed by atoms with Crippen LogP contribution in [0.3, 0.4) is 0 Å². The van der Waals surface area contributed by atoms with Gasteiger partial charge in [0.05, 0.1) is 18.2 Å². The predicted molar refractivity (Wildman–Crippen MR) is 111 cm³/mol. The van der Waals surface area contributed by atoms with E-state index in [0.29, 0.717) is 23.6 Å². The molecule has 1 fully saturated rings. The number of aliphatic hydroxyl groups excluding tert-OH is 1. The maximum atomic E-state index is 12.5. The van der Waals surface area contributed by atoms with Crippen molar-refractivity contribution in [3.8, 4) is 11.8 Å². The molecule has 1 amide bonds. The van der Waals surface area contributed by atoms with Crippen molar-refractivity contribution in [3.63, 3.8) is 0 Å². The number of nitrogens with zero attached hydrogens (tertiary/aromatic N) is 2. The van der Waals surface area contributed by atoms with Crippen LogP contribution in [-0.4, -0.2) is 23.9 Å². The number of benzene rings is 3. The fourth-order valence-corrected chi connectivity index (χ4v) is 3.50. The van der Waals surface area contributed by atoms with Crippen LogP contribution in [0.25, 0.3) is 0 Å². The Hall–Kier alpha value is -3.82. The van der Waals surface area contributed by atoms with Crippen molar-refractivity contribution in [1.82, 2.24) is 0 Å². The zero-order chi connectivity index (χ0) is 20.9. The van der Waals surface area contributed by atoms with E-state index in [1.165, 1.54) is 4.90 Å². The summed E-state index contributed by atoms with van der Waals surface area (Å²) in [6.07, 6.45) is -1.22. The third-order valence-corrected chi connectivity index (χ3v) is 5.00. The van der Waals surface area contributed by atoms with Gasteiger partial charge < -0.3 is 14.6 Å². The molecule has 0 spiro atoms. The summed E-state index contributed by atoms with van der Waals surface area (Å²) in [5.41, 5.74) is 2.99. The van der Waals surface area contributed by atoms with Crippen LogP contribution in [-0.2, 0) is 11.3 Å². The summed E-state index contributed by atoms with van der Waals surface area (Å²) in [6.45, 7) is 0.164. The predicted octanol–water partition coefficient (Wildman–Crippen LogP) is 4.20. The Balaban J connectivity index is 1.56. The van der Waals surface area contributed by atoms with Crippen molar-refractivity contribution in [1.29, 1.82) is 5.26 Å². The monoisotopic (exact) mass is 400 g/mol. The molecule has 6 nitrogen and oxygen atoms in total. The van der Waals surface area contributed by atoms with Gasteiger partial charge in [-0.2, -0.15) is 5.26 Å². The van der Waals surface area contributed by atoms with E-state index in [2.05, 4.69) is 6.07 Å². The Bertz CT molecular complexity index is 1040. The highest BCUT2D eigenvalue weighted by Crippen LogP contribution is 2.37. The lowest BCUT2D eigenvalue weighted by atomic mass is 10.00. The number of hydrogen-bond acceptors (Lipinski definition) is 5. The Morgan fingerprint density at radius 2 is 1.70 bits per heavy atom. The van der Waals surface area contributed by atoms with Crippen LogP contribution in [0.4, 0.5) is 10.5 Å². The van der Waals surface area contributed by atoms with Gasteiger partial charge in [-0.3, -0.25) is 4.90 Å². The molecule has 0 radical (unpaired) electrons. The molecule has 3 aromatic carbocycles. The lowest BCUT2D eigenvalue weighted by Crippen LogP contribution is -2.30. The second-order valence-corrected chi connectivity index (χ2v) is 6.92. The average molecular weight is 400 g/mol. The lowest BCUT2D eigenvalue weighted by molar-refractivity contribution is 0.0829. The van der Waals surface area contributed by atoms with E-state index in [4.69, 9.17) is 14.7 Å². The highest BCUT2D eigenvalue weighted by atomic mass is 16.6. The number of rotatable bonds is 6. The molecule has 1 aliphatic heterocycles. The number of hydrogen-bond donors (Lipinski definition) is 1. The minimum Gasteiger partial charge on any atom is -0.489 e. The minimum absolute atomic E-state index is 0.296. The van der Waals surface area contributed by atoms with Gasteiger partial charge in [0, 0.05) is 5.69 Å². The molecule has 30 heavy (non-hydrogen) atoms. The molecule has 1 N–H and O–H groups in total. The maximum Gasteiger partial charge on any atom is 0.415 e. The molecule has 0 saturated carbocycles. The van der Waals surface area contributed by atoms with Gasteiger partial charge >= 0.3 is 6.09 Å². The van der Waals surface area contributed by atoms with Crippen molar-refractivity contribution in [3.05, 3.63) is 95.6 Å². The Morgan fingerprint density at radius 1 is 1.00 bits per heavy atom. The summed E-state index contributed by atoms with van der Waals surface area (Å²) in [6, 6.07) is 25.6. The van der Waals surface area contributed by atoms with Crippen LogP contribution in [0.2, 0.25) is 0 Å². The van der Waals surface area contributed by atoms with Gasteiger partial charge in [0.1, 0.15) is 18.4 Å². The van der Waals surface area contributed by atoms with Gasteiger partial charge in [-0.05, 0) is 47.5 Å². The molecule has 4 rings (SSSR count). The number of cyclic esters (lactones) is 1. The van der Waals surface area contributed by atoms with E-state index in [1.54, 1.807) is 24.3 Å². The number of nitriles is 1. The van der Waals surface area contributed by atoms with Gasteiger partial charge in [-0.15, -0.1) is 0 Å². The smallest absolute Gasteiger partial charge is 0.415 e. The highest BCUT2D eigenvalue weighted by molar-refractivity contribution is 5.91. The van der Waals surface area contributed by atoms with Gasteiger partial charge in [0.25, 0.3) is 0 Å². The van der Waals surface area contributed by atoms with E-state index < -0.39 is 18.2 Å². The fraction of sp³-hybridized carbons (Fsp3) is 0.167. The molecule has 0 unspecified atom stereocenters. The molecule has 0 bridgehead atoms. The van der Waals surface area contributed by atoms with Crippen LogP contribution in [0.1, 0.15) is 22.7 Å². The summed E-state index contributed by atoms with van der Waals surface area (Å²) in [5.74, 6) is 0.707. The van der Waals surface area contributed by atoms with Gasteiger partial charge in [0.2, 0.25) is 0 Å². The van der Waals surface area contributed by atoms with Crippen molar-refractivity contribution in [2.45, 2.75) is 18.8 Å². The number of carbonyl (C=O) groups excluding carboxylic acids is 1. The minimum atomic E-state index is -0.691. The normalized spacial score (nSPS) is 18.0. The Morgan fingerprint density at radius 3 is 2.33 bits per heavy atom. The summed E-state index contributed by atoms with van der Waals surface area (Å²) < 4.78 is 11.2. The van der Waals surface area contributed by atoms with E-state index in [1.807, 2.05) is 54.6 Å². The number of aliphatic hydroxyl groups is 1. The van der Waals surface area contributed by atoms with Crippen LogP contribution < -0.4 is 9.64 Å². The van der Waals surface area contributed by atoms with Crippen LogP contribution >= 0.6 is 0 Å². The molecular weight excluding hydrogens is 380 g/mol. The summed E-state index contributed by atoms with van der Waals surface area (Å²) in [5, 5.41) is 18.8. The topological polar surface area (TPSA) is 82.8 Å². The molecule has 3 aromatic rings. The average Bonchev–Trinajstić information content (AvgIpc) is 3.15. The maximum absolute atomic E-state index is 12.5. The van der Waals surface area contributed by atoms with E-state index >= 15 is 0 Å². The van der Waals surface area contributed by atoms with Crippen LogP contribution in [0, 0.1) is 11.3 Å². The number of ether oxygens (including phenoxy) is 2. The highest BCUT2D eigenvalue weighted by Gasteiger charge is 2.43. The third kappa shape index (κ3) is 3.97. The number of amides is 1. The Kier molecular flexibility index (Phi) is 5.64. The van der Waals surface area contributed by atoms with Crippen LogP contribution in [0.5, 0.6) is 5.75 Å². The second-order valence-electron chi connectivity index (χ2n) is 6.92. The van der Waals surface area contributed by atoms with Gasteiger partial charge in [-0.1, -0.05) is 42.5 Å². The van der Waals surface area contributed by atoms with Crippen molar-refractivity contribution < 1.29 is 19.4 Å². The molecule has 2 atom stereocenters. The van der Waals surface area contributed by atoms with E-state index in [-0.39, 0.29) is 6.61 Å². The van der Waals surface area contributed by atoms with Crippen molar-refractivity contribution >= 4 is 11.8 Å². The molecular formula is C24H20N2O4. The largest absolute Gasteiger partial charge is 0.489 e. The fourth-order valence-electron chi connectivity index (χ4n) is 3.50. The van der Waals surface area contributed by atoms with E-state index in [9.17, 15) is 9.90 Å². The van der Waals surface area contributed by atoms with Crippen molar-refractivity contribution in [2.24, 2.45) is 0 Å². The first kappa shape index (κ1) is 19.5. The summed E-state index contributed by atoms with van der Waals surface area (Å²) in [7, 11) is 0. The Labute approximate surface area is 174 Å². The quantitative estimate of drug-likeness (QED) is 0.671. The molecule has 0 aliphatic carbocycles. The standard InChI is InChI=1S/C24H20N2O4/c25-14-17-6-10-20(11-7-17)26-23(22(15-27)30-24(26)28)19-8-12-21(13-9-19)29-16-18-4-2-1-3-5-18/h1-13,22-23,27H,15-16H2/t22-,23-/m1/s1. The molecule has 0 aromatic heterocycles. The SMILES string of the molecule is N#Cc1ccc(N2C(=O)O[C@H](CO)[C@H]2c2ccc(OCc3ccccc3)cc2)cc1. The molecule has 1 saturated heterocycles. The first-order valence-corrected chi connectivity index (χ1v) is 9.57. The first-order chi connectivity index (χ1) is 14.7. The van der Waals surface area contributed by atoms with Crippen molar-refractivity contribution in [2.75, 3.05) is 11.5 Å². The van der Waals surface area contributed by atoms with Gasteiger partial charge in [0.15, 0.2) is 6.10 Å². The zero-order valence-electron chi connectivity index (χ0n) is 16.1. The summed E-state index contributed by atoms with van der Waals surface area (Å²) in [4.78, 5) is 14.0. The second kappa shape index (κ2) is 8.68. The zero-order valence-corrected chi connectivity index (χ0v) is 16.1. The lowest BCUT2D eigenvalue weighted by Gasteiger charge is -2.24. The molecule has 1 aliphatic rings. The molecule has 1 heterocycles. The number of anilines is 1.